The van der Waals surface area contributed by atoms with Gasteiger partial charge in [0.2, 0.25) is 0 Å². The Morgan fingerprint density at radius 3 is 2.33 bits per heavy atom. The SMILES string of the molecule is CC/C(C)=[CH]\[Cu]. The second-order valence-electron chi connectivity index (χ2n) is 1.29. The van der Waals surface area contributed by atoms with Crippen LogP contribution in [0, 0.1) is 0 Å². The Morgan fingerprint density at radius 1 is 1.83 bits per heavy atom. The molecule has 0 radical (unpaired) electrons. The Balaban J connectivity index is 3.22. The van der Waals surface area contributed by atoms with Crippen molar-refractivity contribution >= 4 is 0 Å². The fraction of sp³-hybridized carbons (Fsp3) is 0.600. The molecule has 0 aliphatic rings. The third kappa shape index (κ3) is 2.49. The van der Waals surface area contributed by atoms with Gasteiger partial charge in [0.05, 0.1) is 0 Å². The van der Waals surface area contributed by atoms with Crippen molar-refractivity contribution in [1.29, 1.82) is 0 Å². The second kappa shape index (κ2) is 3.45. The molecule has 0 saturated carbocycles. The van der Waals surface area contributed by atoms with E-state index in [-0.39, 0.29) is 0 Å². The third-order valence-electron chi connectivity index (χ3n) is 0.706. The van der Waals surface area contributed by atoms with Gasteiger partial charge in [0.25, 0.3) is 0 Å². The van der Waals surface area contributed by atoms with Crippen LogP contribution in [0.2, 0.25) is 0 Å². The standard InChI is InChI=1S/C5H9.Cu/c1-4-5(2)3;/h2H,4H2,1,3H3;. The van der Waals surface area contributed by atoms with E-state index in [4.69, 9.17) is 16.0 Å². The van der Waals surface area contributed by atoms with Crippen LogP contribution < -0.4 is 0 Å². The van der Waals surface area contributed by atoms with E-state index in [9.17, 15) is 0 Å². The van der Waals surface area contributed by atoms with E-state index in [1.807, 2.05) is 6.92 Å². The van der Waals surface area contributed by atoms with Gasteiger partial charge >= 0.3 is 46.8 Å². The first-order chi connectivity index (χ1) is 2.81. The summed E-state index contributed by atoms with van der Waals surface area (Å²) in [5, 5.41) is 0. The average Bonchev–Trinajstić information content (AvgIpc) is 1.65. The molecule has 0 heterocycles. The number of allylic oxidation sites excluding steroid dienone is 1. The Bertz CT molecular complexity index is 55.0. The Kier molecular flexibility index (Phi) is 3.60. The van der Waals surface area contributed by atoms with E-state index in [1.54, 1.807) is 4.97 Å². The summed E-state index contributed by atoms with van der Waals surface area (Å²) in [5.74, 6) is 0. The van der Waals surface area contributed by atoms with Crippen LogP contribution >= 0.6 is 0 Å². The second-order valence-corrected chi connectivity index (χ2v) is 1.56. The molecule has 0 rings (SSSR count). The van der Waals surface area contributed by atoms with Crippen molar-refractivity contribution in [1.82, 2.24) is 0 Å². The molecule has 0 atom stereocenters. The molecule has 0 amide bonds. The monoisotopic (exact) mass is 132 g/mol. The minimum atomic E-state index is 1.08. The van der Waals surface area contributed by atoms with Crippen molar-refractivity contribution in [3.63, 3.8) is 0 Å². The molecule has 0 fully saturated rings. The van der Waals surface area contributed by atoms with Crippen molar-refractivity contribution < 1.29 is 16.0 Å². The normalized spacial score (nSPS) is 12.3. The quantitative estimate of drug-likeness (QED) is 0.478. The Morgan fingerprint density at radius 2 is 2.33 bits per heavy atom. The molecule has 0 aromatic rings. The summed E-state index contributed by atoms with van der Waals surface area (Å²) < 4.78 is 0. The van der Waals surface area contributed by atoms with Crippen LogP contribution in [0.1, 0.15) is 20.3 Å². The molecule has 0 aliphatic heterocycles. The molecule has 1 heteroatoms. The molecular formula is C5H9Cu. The van der Waals surface area contributed by atoms with Gasteiger partial charge in [0.15, 0.2) is 0 Å². The van der Waals surface area contributed by atoms with E-state index in [2.05, 4.69) is 6.92 Å². The van der Waals surface area contributed by atoms with Gasteiger partial charge in [-0.2, -0.15) is 0 Å². The van der Waals surface area contributed by atoms with Crippen molar-refractivity contribution in [2.75, 3.05) is 0 Å². The van der Waals surface area contributed by atoms with E-state index >= 15 is 0 Å². The molecular weight excluding hydrogens is 124 g/mol. The molecule has 0 spiro atoms. The van der Waals surface area contributed by atoms with E-state index in [0.717, 1.165) is 6.42 Å². The molecule has 0 aromatic carbocycles. The van der Waals surface area contributed by atoms with E-state index in [0.29, 0.717) is 0 Å². The maximum atomic E-state index is 4.74. The predicted octanol–water partition coefficient (Wildman–Crippen LogP) is 1.85. The van der Waals surface area contributed by atoms with E-state index < -0.39 is 0 Å². The molecule has 0 nitrogen and oxygen atoms in total. The molecule has 0 aromatic heterocycles. The summed E-state index contributed by atoms with van der Waals surface area (Å²) >= 11 is 4.74. The fourth-order valence-electron chi connectivity index (χ4n) is 0.0615. The van der Waals surface area contributed by atoms with Gasteiger partial charge in [-0.05, 0) is 0 Å². The third-order valence-corrected chi connectivity index (χ3v) is 1.17. The summed E-state index contributed by atoms with van der Waals surface area (Å²) in [6.07, 6.45) is 1.08. The average molecular weight is 133 g/mol. The van der Waals surface area contributed by atoms with Gasteiger partial charge in [0.1, 0.15) is 0 Å². The van der Waals surface area contributed by atoms with E-state index in [1.165, 1.54) is 5.57 Å². The van der Waals surface area contributed by atoms with Gasteiger partial charge in [-0.3, -0.25) is 0 Å². The number of hydrogen-bond donors (Lipinski definition) is 0. The number of hydrogen-bond acceptors (Lipinski definition) is 0. The summed E-state index contributed by atoms with van der Waals surface area (Å²) in [7, 11) is 0. The molecule has 0 N–H and O–H groups in total. The molecule has 6 heavy (non-hydrogen) atoms. The van der Waals surface area contributed by atoms with Crippen LogP contribution in [0.5, 0.6) is 0 Å². The predicted molar refractivity (Wildman–Crippen MR) is 24.0 cm³/mol. The number of rotatable bonds is 1. The van der Waals surface area contributed by atoms with Crippen LogP contribution in [-0.2, 0) is 16.0 Å². The molecule has 0 bridgehead atoms. The minimum absolute atomic E-state index is 1.08. The summed E-state index contributed by atoms with van der Waals surface area (Å²) in [4.78, 5) is 1.70. The zero-order valence-corrected chi connectivity index (χ0v) is 5.03. The van der Waals surface area contributed by atoms with Crippen molar-refractivity contribution in [2.45, 2.75) is 20.3 Å². The van der Waals surface area contributed by atoms with Crippen LogP contribution in [0.3, 0.4) is 0 Å². The topological polar surface area (TPSA) is 0 Å². The van der Waals surface area contributed by atoms with Crippen molar-refractivity contribution in [2.24, 2.45) is 0 Å². The first-order valence-corrected chi connectivity index (χ1v) is 2.57. The zero-order chi connectivity index (χ0) is 4.99. The van der Waals surface area contributed by atoms with Gasteiger partial charge < -0.3 is 0 Å². The van der Waals surface area contributed by atoms with Gasteiger partial charge in [-0.15, -0.1) is 0 Å². The summed E-state index contributed by atoms with van der Waals surface area (Å²) in [6, 6.07) is 0. The Hall–Kier alpha value is 0.259. The Labute approximate surface area is 47.4 Å². The molecule has 40 valence electrons. The zero-order valence-electron chi connectivity index (χ0n) is 4.09. The van der Waals surface area contributed by atoms with Gasteiger partial charge in [0, 0.05) is 0 Å². The van der Waals surface area contributed by atoms with Crippen molar-refractivity contribution in [3.05, 3.63) is 10.5 Å². The molecule has 0 aliphatic carbocycles. The molecule has 0 unspecified atom stereocenters. The first-order valence-electron chi connectivity index (χ1n) is 2.02. The van der Waals surface area contributed by atoms with Crippen molar-refractivity contribution in [3.8, 4) is 0 Å². The summed E-state index contributed by atoms with van der Waals surface area (Å²) in [6.45, 7) is 4.12. The van der Waals surface area contributed by atoms with Crippen LogP contribution in [-0.4, -0.2) is 0 Å². The van der Waals surface area contributed by atoms with Gasteiger partial charge in [-0.25, -0.2) is 0 Å². The first kappa shape index (κ1) is 6.26. The van der Waals surface area contributed by atoms with Crippen LogP contribution in [0.4, 0.5) is 0 Å². The maximum absolute atomic E-state index is 4.74. The van der Waals surface area contributed by atoms with Crippen LogP contribution in [0.25, 0.3) is 0 Å². The molecule has 0 saturated heterocycles. The summed E-state index contributed by atoms with van der Waals surface area (Å²) in [5.41, 5.74) is 1.27. The fourth-order valence-corrected chi connectivity index (χ4v) is 0.254. The van der Waals surface area contributed by atoms with Crippen LogP contribution in [0.15, 0.2) is 10.5 Å². The van der Waals surface area contributed by atoms with Gasteiger partial charge in [-0.1, -0.05) is 0 Å².